The van der Waals surface area contributed by atoms with Crippen molar-refractivity contribution in [3.63, 3.8) is 0 Å². The highest BCUT2D eigenvalue weighted by Crippen LogP contribution is 2.26. The number of ether oxygens (including phenoxy) is 1. The number of nitrogens with zero attached hydrogens (tertiary/aromatic N) is 2. The molecule has 1 aliphatic rings. The number of hydrogen-bond acceptors (Lipinski definition) is 5. The van der Waals surface area contributed by atoms with Crippen LogP contribution in [0.2, 0.25) is 5.02 Å². The van der Waals surface area contributed by atoms with Gasteiger partial charge in [-0.1, -0.05) is 49.4 Å². The second-order valence-corrected chi connectivity index (χ2v) is 10.6. The van der Waals surface area contributed by atoms with Crippen LogP contribution in [0.15, 0.2) is 82.5 Å². The Morgan fingerprint density at radius 2 is 1.82 bits per heavy atom. The molecule has 0 spiro atoms. The summed E-state index contributed by atoms with van der Waals surface area (Å²) in [7, 11) is 0. The molecule has 38 heavy (non-hydrogen) atoms. The van der Waals surface area contributed by atoms with Gasteiger partial charge in [0, 0.05) is 23.5 Å². The highest BCUT2D eigenvalue weighted by Gasteiger charge is 2.16. The monoisotopic (exact) mass is 538 g/mol. The number of aliphatic imine (C=N–C) groups is 2. The molecule has 0 amide bonds. The van der Waals surface area contributed by atoms with Crippen molar-refractivity contribution < 1.29 is 4.74 Å². The van der Waals surface area contributed by atoms with E-state index in [1.165, 1.54) is 24.8 Å². The summed E-state index contributed by atoms with van der Waals surface area (Å²) in [6, 6.07) is 8.20. The van der Waals surface area contributed by atoms with Crippen molar-refractivity contribution in [2.45, 2.75) is 78.6 Å². The van der Waals surface area contributed by atoms with Gasteiger partial charge >= 0.3 is 0 Å². The fraction of sp³-hybridized carbons (Fsp3) is 0.500. The molecule has 1 aromatic rings. The molecule has 2 atom stereocenters. The summed E-state index contributed by atoms with van der Waals surface area (Å²) >= 11 is 5.98. The SMILES string of the molecule is C=C(NCC1C=CC(CCc2ccc(Cl)cc2)CC1)OCCCCCC=N/C(C(=C)N)=C(\C)N=C(C)CC. The number of unbranched alkanes of at least 4 members (excludes halogenated alkanes) is 3. The zero-order valence-electron chi connectivity index (χ0n) is 23.6. The van der Waals surface area contributed by atoms with Crippen LogP contribution in [0.1, 0.15) is 77.7 Å². The maximum absolute atomic E-state index is 5.98. The molecule has 0 saturated heterocycles. The summed E-state index contributed by atoms with van der Waals surface area (Å²) in [6.45, 7) is 15.4. The lowest BCUT2D eigenvalue weighted by Crippen LogP contribution is -2.24. The Morgan fingerprint density at radius 1 is 1.11 bits per heavy atom. The predicted molar refractivity (Wildman–Crippen MR) is 165 cm³/mol. The van der Waals surface area contributed by atoms with Gasteiger partial charge in [0.2, 0.25) is 0 Å². The second kappa shape index (κ2) is 17.7. The summed E-state index contributed by atoms with van der Waals surface area (Å²) in [5.74, 6) is 1.86. The first-order chi connectivity index (χ1) is 18.3. The number of allylic oxidation sites excluding steroid dienone is 2. The summed E-state index contributed by atoms with van der Waals surface area (Å²) in [5.41, 5.74) is 10.2. The third-order valence-corrected chi connectivity index (χ3v) is 7.09. The molecule has 0 aliphatic heterocycles. The Bertz CT molecular complexity index is 1010. The van der Waals surface area contributed by atoms with Gasteiger partial charge in [-0.25, -0.2) is 0 Å². The summed E-state index contributed by atoms with van der Waals surface area (Å²) in [6.07, 6.45) is 16.3. The van der Waals surface area contributed by atoms with Gasteiger partial charge in [-0.15, -0.1) is 0 Å². The minimum Gasteiger partial charge on any atom is -0.480 e. The van der Waals surface area contributed by atoms with Gasteiger partial charge in [-0.2, -0.15) is 0 Å². The Hall–Kier alpha value is -2.79. The lowest BCUT2D eigenvalue weighted by atomic mass is 9.85. The van der Waals surface area contributed by atoms with Crippen molar-refractivity contribution in [2.24, 2.45) is 27.6 Å². The highest BCUT2D eigenvalue weighted by atomic mass is 35.5. The van der Waals surface area contributed by atoms with Crippen LogP contribution in [-0.2, 0) is 11.2 Å². The quantitative estimate of drug-likeness (QED) is 0.0691. The Morgan fingerprint density at radius 3 is 2.47 bits per heavy atom. The van der Waals surface area contributed by atoms with E-state index in [4.69, 9.17) is 22.1 Å². The molecule has 0 fully saturated rings. The van der Waals surface area contributed by atoms with Crippen molar-refractivity contribution >= 4 is 23.5 Å². The second-order valence-electron chi connectivity index (χ2n) is 10.1. The smallest absolute Gasteiger partial charge is 0.179 e. The molecule has 6 heteroatoms. The van der Waals surface area contributed by atoms with Gasteiger partial charge < -0.3 is 15.8 Å². The highest BCUT2D eigenvalue weighted by molar-refractivity contribution is 6.30. The van der Waals surface area contributed by atoms with Crippen LogP contribution >= 0.6 is 11.6 Å². The van der Waals surface area contributed by atoms with Crippen molar-refractivity contribution in [1.29, 1.82) is 0 Å². The van der Waals surface area contributed by atoms with E-state index in [1.54, 1.807) is 0 Å². The van der Waals surface area contributed by atoms with Gasteiger partial charge in [0.05, 0.1) is 18.0 Å². The van der Waals surface area contributed by atoms with Gasteiger partial charge in [-0.05, 0) is 108 Å². The van der Waals surface area contributed by atoms with Crippen molar-refractivity contribution in [1.82, 2.24) is 5.32 Å². The summed E-state index contributed by atoms with van der Waals surface area (Å²) in [4.78, 5) is 9.06. The molecule has 208 valence electrons. The van der Waals surface area contributed by atoms with Crippen LogP contribution in [-0.4, -0.2) is 25.1 Å². The average Bonchev–Trinajstić information content (AvgIpc) is 2.90. The third kappa shape index (κ3) is 12.6. The van der Waals surface area contributed by atoms with Crippen molar-refractivity contribution in [2.75, 3.05) is 13.2 Å². The van der Waals surface area contributed by atoms with Crippen molar-refractivity contribution in [3.05, 3.63) is 83.1 Å². The minimum atomic E-state index is 0.448. The van der Waals surface area contributed by atoms with Crippen LogP contribution in [0.25, 0.3) is 0 Å². The normalized spacial score (nSPS) is 18.4. The zero-order valence-corrected chi connectivity index (χ0v) is 24.4. The van der Waals surface area contributed by atoms with E-state index in [9.17, 15) is 0 Å². The molecule has 5 nitrogen and oxygen atoms in total. The molecular formula is C32H47ClN4O. The Labute approximate surface area is 235 Å². The molecule has 1 aliphatic carbocycles. The standard InChI is InChI=1S/C32H47ClN4O/c1-6-24(2)37-26(4)32(25(3)34)35-21-9-7-8-10-22-38-27(5)36-23-30-15-13-28(14-16-30)11-12-29-17-19-31(33)20-18-29/h13,15,17-21,28,30,36H,3,5-12,14,16,22-23,34H2,1-2,4H3/b32-26+,35-21?,37-24?. The maximum atomic E-state index is 5.98. The topological polar surface area (TPSA) is 72.0 Å². The van der Waals surface area contributed by atoms with Gasteiger partial charge in [0.1, 0.15) is 5.70 Å². The molecular weight excluding hydrogens is 492 g/mol. The number of aryl methyl sites for hydroxylation is 1. The lowest BCUT2D eigenvalue weighted by molar-refractivity contribution is 0.184. The first-order valence-corrected chi connectivity index (χ1v) is 14.4. The van der Waals surface area contributed by atoms with Crippen LogP contribution in [0.3, 0.4) is 0 Å². The van der Waals surface area contributed by atoms with Gasteiger partial charge in [0.15, 0.2) is 5.88 Å². The van der Waals surface area contributed by atoms with E-state index >= 15 is 0 Å². The Kier molecular flexibility index (Phi) is 14.6. The zero-order chi connectivity index (χ0) is 27.8. The molecule has 1 aromatic carbocycles. The van der Waals surface area contributed by atoms with Crippen LogP contribution in [0, 0.1) is 11.8 Å². The van der Waals surface area contributed by atoms with E-state index in [1.807, 2.05) is 32.2 Å². The largest absolute Gasteiger partial charge is 0.480 e. The molecule has 0 radical (unpaired) electrons. The average molecular weight is 539 g/mol. The van der Waals surface area contributed by atoms with Crippen molar-refractivity contribution in [3.8, 4) is 0 Å². The molecule has 0 bridgehead atoms. The number of hydrogen-bond donors (Lipinski definition) is 2. The number of halogens is 1. The Balaban J connectivity index is 1.55. The third-order valence-electron chi connectivity index (χ3n) is 6.83. The molecule has 3 N–H and O–H groups in total. The number of nitrogens with one attached hydrogen (secondary N) is 1. The first-order valence-electron chi connectivity index (χ1n) is 14.0. The maximum Gasteiger partial charge on any atom is 0.179 e. The fourth-order valence-corrected chi connectivity index (χ4v) is 4.46. The minimum absolute atomic E-state index is 0.448. The number of benzene rings is 1. The van der Waals surface area contributed by atoms with E-state index in [0.29, 0.717) is 35.7 Å². The number of rotatable bonds is 17. The van der Waals surface area contributed by atoms with Gasteiger partial charge in [0.25, 0.3) is 0 Å². The summed E-state index contributed by atoms with van der Waals surface area (Å²) in [5, 5.41) is 4.16. The molecule has 0 aromatic heterocycles. The van der Waals surface area contributed by atoms with E-state index in [2.05, 4.69) is 59.7 Å². The fourth-order valence-electron chi connectivity index (χ4n) is 4.34. The number of nitrogens with two attached hydrogens (primary N) is 1. The first kappa shape index (κ1) is 31.4. The van der Waals surface area contributed by atoms with E-state index in [0.717, 1.165) is 61.5 Å². The van der Waals surface area contributed by atoms with Crippen LogP contribution in [0.4, 0.5) is 0 Å². The van der Waals surface area contributed by atoms with Gasteiger partial charge in [-0.3, -0.25) is 9.98 Å². The van der Waals surface area contributed by atoms with E-state index < -0.39 is 0 Å². The molecule has 0 saturated carbocycles. The lowest BCUT2D eigenvalue weighted by Gasteiger charge is -2.24. The molecule has 2 rings (SSSR count). The summed E-state index contributed by atoms with van der Waals surface area (Å²) < 4.78 is 5.78. The van der Waals surface area contributed by atoms with Crippen LogP contribution < -0.4 is 11.1 Å². The molecule has 2 unspecified atom stereocenters. The van der Waals surface area contributed by atoms with Crippen LogP contribution in [0.5, 0.6) is 0 Å². The molecule has 0 heterocycles. The van der Waals surface area contributed by atoms with E-state index in [-0.39, 0.29) is 0 Å². The predicted octanol–water partition coefficient (Wildman–Crippen LogP) is 8.14.